The lowest BCUT2D eigenvalue weighted by Crippen LogP contribution is -2.39. The number of carbonyl (C=O) groups excluding carboxylic acids is 2. The van der Waals surface area contributed by atoms with Gasteiger partial charge in [0.15, 0.2) is 0 Å². The molecule has 1 heterocycles. The van der Waals surface area contributed by atoms with Crippen LogP contribution < -0.4 is 0 Å². The number of rotatable bonds is 6. The Morgan fingerprint density at radius 1 is 1.24 bits per heavy atom. The highest BCUT2D eigenvalue weighted by Crippen LogP contribution is 2.24. The Kier molecular flexibility index (Phi) is 6.99. The molecular weight excluding hydrogens is 270 g/mol. The van der Waals surface area contributed by atoms with E-state index in [0.717, 1.165) is 38.6 Å². The number of ether oxygens (including phenoxy) is 2. The number of hydrogen-bond donors (Lipinski definition) is 0. The van der Waals surface area contributed by atoms with Crippen LogP contribution in [0, 0.1) is 0 Å². The van der Waals surface area contributed by atoms with Gasteiger partial charge in [0.25, 0.3) is 0 Å². The highest BCUT2D eigenvalue weighted by atomic mass is 16.6. The summed E-state index contributed by atoms with van der Waals surface area (Å²) in [7, 11) is 0. The van der Waals surface area contributed by atoms with Gasteiger partial charge >= 0.3 is 12.1 Å². The lowest BCUT2D eigenvalue weighted by molar-refractivity contribution is -0.143. The van der Waals surface area contributed by atoms with E-state index in [9.17, 15) is 9.59 Å². The van der Waals surface area contributed by atoms with Gasteiger partial charge in [-0.05, 0) is 53.4 Å². The molecule has 5 heteroatoms. The van der Waals surface area contributed by atoms with Crippen molar-refractivity contribution in [2.75, 3.05) is 13.2 Å². The summed E-state index contributed by atoms with van der Waals surface area (Å²) >= 11 is 0. The number of nitrogens with zero attached hydrogens (tertiary/aromatic N) is 1. The first-order valence-electron chi connectivity index (χ1n) is 7.98. The summed E-state index contributed by atoms with van der Waals surface area (Å²) in [6, 6.07) is 0.252. The molecule has 0 aromatic rings. The Bertz CT molecular complexity index is 349. The Hall–Kier alpha value is -1.26. The highest BCUT2D eigenvalue weighted by molar-refractivity contribution is 5.69. The highest BCUT2D eigenvalue weighted by Gasteiger charge is 2.31. The third-order valence-electron chi connectivity index (χ3n) is 3.48. The molecule has 5 nitrogen and oxygen atoms in total. The molecular formula is C16H29NO4. The molecule has 0 saturated carbocycles. The topological polar surface area (TPSA) is 55.8 Å². The molecule has 1 saturated heterocycles. The summed E-state index contributed by atoms with van der Waals surface area (Å²) < 4.78 is 10.3. The minimum atomic E-state index is -0.450. The molecule has 0 aliphatic carbocycles. The van der Waals surface area contributed by atoms with Crippen LogP contribution in [0.1, 0.15) is 66.2 Å². The maximum atomic E-state index is 12.1. The molecule has 0 radical (unpaired) electrons. The van der Waals surface area contributed by atoms with Crippen molar-refractivity contribution in [3.8, 4) is 0 Å². The van der Waals surface area contributed by atoms with Crippen LogP contribution >= 0.6 is 0 Å². The smallest absolute Gasteiger partial charge is 0.410 e. The van der Waals surface area contributed by atoms with Crippen molar-refractivity contribution in [1.82, 2.24) is 4.90 Å². The van der Waals surface area contributed by atoms with Crippen molar-refractivity contribution in [3.63, 3.8) is 0 Å². The summed E-state index contributed by atoms with van der Waals surface area (Å²) in [6.07, 6.45) is 4.99. The van der Waals surface area contributed by atoms with E-state index in [4.69, 9.17) is 9.47 Å². The first-order valence-corrected chi connectivity index (χ1v) is 7.98. The predicted molar refractivity (Wildman–Crippen MR) is 81.1 cm³/mol. The third-order valence-corrected chi connectivity index (χ3v) is 3.48. The van der Waals surface area contributed by atoms with Crippen LogP contribution in [-0.4, -0.2) is 41.8 Å². The maximum Gasteiger partial charge on any atom is 0.410 e. The van der Waals surface area contributed by atoms with Crippen molar-refractivity contribution >= 4 is 12.1 Å². The molecule has 1 aliphatic heterocycles. The van der Waals surface area contributed by atoms with E-state index in [1.54, 1.807) is 0 Å². The van der Waals surface area contributed by atoms with Gasteiger partial charge in [0.2, 0.25) is 0 Å². The number of esters is 1. The molecule has 0 aromatic carbocycles. The van der Waals surface area contributed by atoms with Crippen LogP contribution in [0.4, 0.5) is 4.79 Å². The zero-order chi connectivity index (χ0) is 15.9. The molecule has 1 fully saturated rings. The van der Waals surface area contributed by atoms with Crippen LogP contribution in [0.3, 0.4) is 0 Å². The van der Waals surface area contributed by atoms with Gasteiger partial charge in [-0.15, -0.1) is 0 Å². The van der Waals surface area contributed by atoms with Crippen LogP contribution in [0.15, 0.2) is 0 Å². The van der Waals surface area contributed by atoms with Crippen LogP contribution in [0.25, 0.3) is 0 Å². The summed E-state index contributed by atoms with van der Waals surface area (Å²) in [5, 5.41) is 0. The van der Waals surface area contributed by atoms with E-state index in [1.807, 2.05) is 32.6 Å². The van der Waals surface area contributed by atoms with Crippen LogP contribution in [0.2, 0.25) is 0 Å². The minimum Gasteiger partial charge on any atom is -0.466 e. The molecule has 1 amide bonds. The second kappa shape index (κ2) is 8.25. The maximum absolute atomic E-state index is 12.1. The fraction of sp³-hybridized carbons (Fsp3) is 0.875. The van der Waals surface area contributed by atoms with E-state index in [1.165, 1.54) is 0 Å². The Balaban J connectivity index is 2.30. The van der Waals surface area contributed by atoms with Crippen molar-refractivity contribution in [3.05, 3.63) is 0 Å². The Morgan fingerprint density at radius 3 is 2.57 bits per heavy atom. The van der Waals surface area contributed by atoms with Crippen molar-refractivity contribution in [1.29, 1.82) is 0 Å². The summed E-state index contributed by atoms with van der Waals surface area (Å²) in [5.41, 5.74) is -0.450. The van der Waals surface area contributed by atoms with Gasteiger partial charge in [-0.1, -0.05) is 6.42 Å². The molecule has 122 valence electrons. The standard InChI is InChI=1S/C16H29NO4/c1-5-20-14(18)11-7-6-9-13-10-8-12-17(13)15(19)21-16(2,3)4/h13H,5-12H2,1-4H3. The average molecular weight is 299 g/mol. The third kappa shape index (κ3) is 6.82. The van der Waals surface area contributed by atoms with Gasteiger partial charge in [-0.25, -0.2) is 4.79 Å². The predicted octanol–water partition coefficient (Wildman–Crippen LogP) is 3.51. The van der Waals surface area contributed by atoms with Gasteiger partial charge in [0.05, 0.1) is 6.61 Å². The number of hydrogen-bond acceptors (Lipinski definition) is 4. The molecule has 0 aromatic heterocycles. The lowest BCUT2D eigenvalue weighted by Gasteiger charge is -2.28. The van der Waals surface area contributed by atoms with E-state index in [2.05, 4.69) is 0 Å². The number of likely N-dealkylation sites (tertiary alicyclic amines) is 1. The van der Waals surface area contributed by atoms with Crippen molar-refractivity contribution < 1.29 is 19.1 Å². The lowest BCUT2D eigenvalue weighted by atomic mass is 10.1. The minimum absolute atomic E-state index is 0.132. The number of amides is 1. The largest absolute Gasteiger partial charge is 0.466 e. The normalized spacial score (nSPS) is 18.7. The average Bonchev–Trinajstić information content (AvgIpc) is 2.81. The number of unbranched alkanes of at least 4 members (excludes halogenated alkanes) is 1. The van der Waals surface area contributed by atoms with Gasteiger partial charge in [-0.3, -0.25) is 4.79 Å². The first kappa shape index (κ1) is 17.8. The van der Waals surface area contributed by atoms with E-state index in [-0.39, 0.29) is 18.1 Å². The number of carbonyl (C=O) groups is 2. The first-order chi connectivity index (χ1) is 9.83. The summed E-state index contributed by atoms with van der Waals surface area (Å²) in [4.78, 5) is 25.2. The molecule has 1 unspecified atom stereocenters. The van der Waals surface area contributed by atoms with Crippen molar-refractivity contribution in [2.45, 2.75) is 77.9 Å². The van der Waals surface area contributed by atoms with Crippen LogP contribution in [-0.2, 0) is 14.3 Å². The Labute approximate surface area is 128 Å². The monoisotopic (exact) mass is 299 g/mol. The fourth-order valence-corrected chi connectivity index (χ4v) is 2.58. The second-order valence-corrected chi connectivity index (χ2v) is 6.52. The molecule has 0 N–H and O–H groups in total. The van der Waals surface area contributed by atoms with E-state index < -0.39 is 5.60 Å². The zero-order valence-corrected chi connectivity index (χ0v) is 13.8. The van der Waals surface area contributed by atoms with E-state index in [0.29, 0.717) is 13.0 Å². The molecule has 1 rings (SSSR count). The van der Waals surface area contributed by atoms with Crippen LogP contribution in [0.5, 0.6) is 0 Å². The van der Waals surface area contributed by atoms with Gasteiger partial charge in [0, 0.05) is 19.0 Å². The fourth-order valence-electron chi connectivity index (χ4n) is 2.58. The summed E-state index contributed by atoms with van der Waals surface area (Å²) in [5.74, 6) is -0.132. The van der Waals surface area contributed by atoms with Crippen molar-refractivity contribution in [2.24, 2.45) is 0 Å². The molecule has 0 bridgehead atoms. The van der Waals surface area contributed by atoms with Gasteiger partial charge in [0.1, 0.15) is 5.60 Å². The van der Waals surface area contributed by atoms with Gasteiger partial charge < -0.3 is 14.4 Å². The SMILES string of the molecule is CCOC(=O)CCCCC1CCCN1C(=O)OC(C)(C)C. The molecule has 1 aliphatic rings. The summed E-state index contributed by atoms with van der Waals surface area (Å²) in [6.45, 7) is 8.68. The quantitative estimate of drug-likeness (QED) is 0.556. The Morgan fingerprint density at radius 2 is 1.95 bits per heavy atom. The second-order valence-electron chi connectivity index (χ2n) is 6.52. The zero-order valence-electron chi connectivity index (χ0n) is 13.8. The van der Waals surface area contributed by atoms with Gasteiger partial charge in [-0.2, -0.15) is 0 Å². The molecule has 1 atom stereocenters. The molecule has 21 heavy (non-hydrogen) atoms. The molecule has 0 spiro atoms. The van der Waals surface area contributed by atoms with E-state index >= 15 is 0 Å².